The number of pyridine rings is 1. The van der Waals surface area contributed by atoms with Gasteiger partial charge in [-0.05, 0) is 29.8 Å². The van der Waals surface area contributed by atoms with Crippen molar-refractivity contribution >= 4 is 20.9 Å². The molecule has 0 spiro atoms. The first-order valence-electron chi connectivity index (χ1n) is 8.22. The molecule has 0 bridgehead atoms. The van der Waals surface area contributed by atoms with Crippen LogP contribution in [-0.4, -0.2) is 34.2 Å². The highest BCUT2D eigenvalue weighted by Crippen LogP contribution is 2.29. The number of sulfone groups is 1. The van der Waals surface area contributed by atoms with E-state index in [0.29, 0.717) is 16.7 Å². The van der Waals surface area contributed by atoms with Crippen LogP contribution in [0, 0.1) is 11.6 Å². The van der Waals surface area contributed by atoms with Gasteiger partial charge in [0.1, 0.15) is 23.5 Å². The number of rotatable bonds is 4. The van der Waals surface area contributed by atoms with E-state index in [4.69, 9.17) is 0 Å². The van der Waals surface area contributed by atoms with Gasteiger partial charge in [0.05, 0.1) is 16.8 Å². The zero-order valence-electron chi connectivity index (χ0n) is 14.7. The number of aromatic nitrogens is 4. The van der Waals surface area contributed by atoms with Crippen molar-refractivity contribution in [2.45, 2.75) is 11.4 Å². The molecule has 28 heavy (non-hydrogen) atoms. The summed E-state index contributed by atoms with van der Waals surface area (Å²) in [5, 5.41) is 0.526. The summed E-state index contributed by atoms with van der Waals surface area (Å²) in [7, 11) is -3.45. The van der Waals surface area contributed by atoms with Crippen molar-refractivity contribution in [3.05, 3.63) is 72.3 Å². The maximum atomic E-state index is 14.3. The molecule has 0 aliphatic heterocycles. The van der Waals surface area contributed by atoms with Gasteiger partial charge in [-0.3, -0.25) is 0 Å². The molecule has 0 fully saturated rings. The molecule has 3 heterocycles. The second-order valence-corrected chi connectivity index (χ2v) is 8.33. The SMILES string of the molecule is CS(=O)(=O)c1cnc2c(c1)cc(-c1ncncc1F)n2Cc1ccc(F)cc1. The number of halogens is 2. The third-order valence-electron chi connectivity index (χ3n) is 4.30. The van der Waals surface area contributed by atoms with E-state index in [0.717, 1.165) is 18.0 Å². The lowest BCUT2D eigenvalue weighted by Gasteiger charge is -2.10. The van der Waals surface area contributed by atoms with E-state index < -0.39 is 15.7 Å². The predicted octanol–water partition coefficient (Wildman–Crippen LogP) is 3.22. The van der Waals surface area contributed by atoms with Crippen molar-refractivity contribution in [2.75, 3.05) is 6.26 Å². The fraction of sp³-hybridized carbons (Fsp3) is 0.105. The lowest BCUT2D eigenvalue weighted by atomic mass is 10.2. The van der Waals surface area contributed by atoms with Gasteiger partial charge in [-0.1, -0.05) is 12.1 Å². The highest BCUT2D eigenvalue weighted by Gasteiger charge is 2.18. The van der Waals surface area contributed by atoms with Gasteiger partial charge in [0.25, 0.3) is 0 Å². The van der Waals surface area contributed by atoms with E-state index in [1.54, 1.807) is 22.8 Å². The van der Waals surface area contributed by atoms with E-state index in [1.165, 1.54) is 30.7 Å². The fourth-order valence-electron chi connectivity index (χ4n) is 2.96. The van der Waals surface area contributed by atoms with Gasteiger partial charge in [-0.25, -0.2) is 32.2 Å². The Labute approximate surface area is 159 Å². The zero-order valence-corrected chi connectivity index (χ0v) is 15.5. The van der Waals surface area contributed by atoms with Gasteiger partial charge in [0.15, 0.2) is 15.7 Å². The van der Waals surface area contributed by atoms with E-state index in [2.05, 4.69) is 15.0 Å². The number of hydrogen-bond donors (Lipinski definition) is 0. The van der Waals surface area contributed by atoms with Crippen molar-refractivity contribution < 1.29 is 17.2 Å². The molecule has 0 atom stereocenters. The van der Waals surface area contributed by atoms with Crippen LogP contribution in [0.5, 0.6) is 0 Å². The molecule has 3 aromatic heterocycles. The van der Waals surface area contributed by atoms with Crippen molar-refractivity contribution in [3.63, 3.8) is 0 Å². The molecule has 6 nitrogen and oxygen atoms in total. The highest BCUT2D eigenvalue weighted by atomic mass is 32.2. The monoisotopic (exact) mass is 400 g/mol. The summed E-state index contributed by atoms with van der Waals surface area (Å²) >= 11 is 0. The lowest BCUT2D eigenvalue weighted by Crippen LogP contribution is -2.05. The standard InChI is InChI=1S/C19H14F2N4O2S/c1-28(26,27)15-6-13-7-17(18-16(21)9-22-11-24-18)25(19(13)23-8-15)10-12-2-4-14(20)5-3-12/h2-9,11H,10H2,1H3. The van der Waals surface area contributed by atoms with Crippen LogP contribution < -0.4 is 0 Å². The maximum absolute atomic E-state index is 14.3. The van der Waals surface area contributed by atoms with Gasteiger partial charge in [0, 0.05) is 24.4 Å². The minimum atomic E-state index is -3.45. The highest BCUT2D eigenvalue weighted by molar-refractivity contribution is 7.90. The topological polar surface area (TPSA) is 77.7 Å². The van der Waals surface area contributed by atoms with Crippen molar-refractivity contribution in [2.24, 2.45) is 0 Å². The first-order valence-corrected chi connectivity index (χ1v) is 10.1. The van der Waals surface area contributed by atoms with Crippen LogP contribution >= 0.6 is 0 Å². The summed E-state index contributed by atoms with van der Waals surface area (Å²) in [5.41, 5.74) is 1.71. The van der Waals surface area contributed by atoms with E-state index in [9.17, 15) is 17.2 Å². The Bertz CT molecular complexity index is 1290. The van der Waals surface area contributed by atoms with Crippen LogP contribution in [0.25, 0.3) is 22.4 Å². The van der Waals surface area contributed by atoms with Crippen molar-refractivity contribution in [3.8, 4) is 11.4 Å². The average molecular weight is 400 g/mol. The average Bonchev–Trinajstić information content (AvgIpc) is 3.01. The van der Waals surface area contributed by atoms with Crippen LogP contribution in [0.4, 0.5) is 8.78 Å². The number of fused-ring (bicyclic) bond motifs is 1. The Hall–Kier alpha value is -3.20. The normalized spacial score (nSPS) is 11.8. The molecule has 0 saturated carbocycles. The smallest absolute Gasteiger partial charge is 0.177 e. The molecule has 0 aliphatic rings. The molecule has 0 N–H and O–H groups in total. The second-order valence-electron chi connectivity index (χ2n) is 6.32. The molecular weight excluding hydrogens is 386 g/mol. The number of hydrogen-bond acceptors (Lipinski definition) is 5. The summed E-state index contributed by atoms with van der Waals surface area (Å²) in [4.78, 5) is 12.0. The van der Waals surface area contributed by atoms with Gasteiger partial charge in [-0.2, -0.15) is 0 Å². The summed E-state index contributed by atoms with van der Waals surface area (Å²) < 4.78 is 53.0. The van der Waals surface area contributed by atoms with E-state index >= 15 is 0 Å². The van der Waals surface area contributed by atoms with E-state index in [-0.39, 0.29) is 23.0 Å². The quantitative estimate of drug-likeness (QED) is 0.526. The first kappa shape index (κ1) is 18.2. The molecular formula is C19H14F2N4O2S. The third kappa shape index (κ3) is 3.36. The molecule has 0 amide bonds. The Morgan fingerprint density at radius 3 is 2.46 bits per heavy atom. The molecule has 1 aromatic carbocycles. The summed E-state index contributed by atoms with van der Waals surface area (Å²) in [6.07, 6.45) is 4.64. The van der Waals surface area contributed by atoms with Crippen LogP contribution in [-0.2, 0) is 16.4 Å². The first-order chi connectivity index (χ1) is 13.3. The predicted molar refractivity (Wildman–Crippen MR) is 99.3 cm³/mol. The zero-order chi connectivity index (χ0) is 19.9. The summed E-state index contributed by atoms with van der Waals surface area (Å²) in [6, 6.07) is 9.02. The molecule has 4 rings (SSSR count). The Morgan fingerprint density at radius 1 is 1.04 bits per heavy atom. The van der Waals surface area contributed by atoms with Gasteiger partial charge in [0.2, 0.25) is 0 Å². The number of benzene rings is 1. The molecule has 0 saturated heterocycles. The number of nitrogens with zero attached hydrogens (tertiary/aromatic N) is 4. The van der Waals surface area contributed by atoms with Crippen LogP contribution in [0.2, 0.25) is 0 Å². The molecule has 9 heteroatoms. The van der Waals surface area contributed by atoms with Gasteiger partial charge >= 0.3 is 0 Å². The molecule has 0 aliphatic carbocycles. The van der Waals surface area contributed by atoms with Crippen LogP contribution in [0.15, 0.2) is 60.0 Å². The van der Waals surface area contributed by atoms with Crippen LogP contribution in [0.1, 0.15) is 5.56 Å². The van der Waals surface area contributed by atoms with Crippen LogP contribution in [0.3, 0.4) is 0 Å². The molecule has 142 valence electrons. The second kappa shape index (κ2) is 6.75. The Morgan fingerprint density at radius 2 is 1.79 bits per heavy atom. The summed E-state index contributed by atoms with van der Waals surface area (Å²) in [5.74, 6) is -0.979. The van der Waals surface area contributed by atoms with E-state index in [1.807, 2.05) is 0 Å². The maximum Gasteiger partial charge on any atom is 0.177 e. The Kier molecular flexibility index (Phi) is 4.38. The lowest BCUT2D eigenvalue weighted by molar-refractivity contribution is 0.601. The van der Waals surface area contributed by atoms with Crippen molar-refractivity contribution in [1.82, 2.24) is 19.5 Å². The minimum Gasteiger partial charge on any atom is -0.319 e. The summed E-state index contributed by atoms with van der Waals surface area (Å²) in [6.45, 7) is 0.272. The fourth-order valence-corrected chi connectivity index (χ4v) is 3.54. The molecule has 0 radical (unpaired) electrons. The minimum absolute atomic E-state index is 0.0636. The third-order valence-corrected chi connectivity index (χ3v) is 5.38. The van der Waals surface area contributed by atoms with Gasteiger partial charge < -0.3 is 4.57 Å². The molecule has 0 unspecified atom stereocenters. The molecule has 4 aromatic rings. The largest absolute Gasteiger partial charge is 0.319 e. The Balaban J connectivity index is 1.94. The van der Waals surface area contributed by atoms with Crippen molar-refractivity contribution in [1.29, 1.82) is 0 Å². The van der Waals surface area contributed by atoms with Gasteiger partial charge in [-0.15, -0.1) is 0 Å².